The lowest BCUT2D eigenvalue weighted by Gasteiger charge is -2.36. The molecule has 3 nitrogen and oxygen atoms in total. The van der Waals surface area contributed by atoms with Gasteiger partial charge in [-0.15, -0.1) is 0 Å². The van der Waals surface area contributed by atoms with Crippen molar-refractivity contribution >= 4 is 34.2 Å². The molecule has 4 heteroatoms. The van der Waals surface area contributed by atoms with Crippen LogP contribution in [-0.4, -0.2) is 23.7 Å². The normalized spacial score (nSPS) is 20.4. The Morgan fingerprint density at radius 2 is 2.24 bits per heavy atom. The third kappa shape index (κ3) is 2.73. The lowest BCUT2D eigenvalue weighted by molar-refractivity contribution is 0.0697. The molecule has 1 aromatic carbocycles. The summed E-state index contributed by atoms with van der Waals surface area (Å²) in [7, 11) is 0. The fourth-order valence-electron chi connectivity index (χ4n) is 2.33. The number of nitrogens with zero attached hydrogens (tertiary/aromatic N) is 1. The molecule has 1 aromatic rings. The lowest BCUT2D eigenvalue weighted by Crippen LogP contribution is -2.37. The first kappa shape index (κ1) is 12.7. The molecule has 17 heavy (non-hydrogen) atoms. The van der Waals surface area contributed by atoms with Crippen molar-refractivity contribution in [1.29, 1.82) is 0 Å². The molecule has 0 unspecified atom stereocenters. The second kappa shape index (κ2) is 5.25. The molecule has 0 aromatic heterocycles. The zero-order chi connectivity index (χ0) is 12.4. The molecule has 1 N–H and O–H groups in total. The maximum absolute atomic E-state index is 10.9. The Bertz CT molecular complexity index is 433. The predicted octanol–water partition coefficient (Wildman–Crippen LogP) is 3.37. The van der Waals surface area contributed by atoms with Gasteiger partial charge in [-0.05, 0) is 67.0 Å². The quantitative estimate of drug-likeness (QED) is 0.836. The lowest BCUT2D eigenvalue weighted by atomic mass is 10.0. The number of carboxylic acids is 1. The highest BCUT2D eigenvalue weighted by Crippen LogP contribution is 2.29. The topological polar surface area (TPSA) is 40.5 Å². The number of carboxylic acid groups (broad SMARTS) is 1. The number of hydrogen-bond acceptors (Lipinski definition) is 2. The number of halogens is 1. The molecule has 1 aliphatic heterocycles. The minimum atomic E-state index is -0.860. The number of benzene rings is 1. The fourth-order valence-corrected chi connectivity index (χ4v) is 3.15. The molecule has 0 aliphatic carbocycles. The Hall–Kier alpha value is -0.780. The average molecular weight is 345 g/mol. The Balaban J connectivity index is 2.29. The number of hydrogen-bond donors (Lipinski definition) is 1. The number of rotatable bonds is 2. The van der Waals surface area contributed by atoms with Gasteiger partial charge in [0.1, 0.15) is 0 Å². The van der Waals surface area contributed by atoms with E-state index in [1.54, 1.807) is 12.1 Å². The second-order valence-electron chi connectivity index (χ2n) is 4.51. The van der Waals surface area contributed by atoms with Crippen LogP contribution in [0.15, 0.2) is 18.2 Å². The van der Waals surface area contributed by atoms with E-state index in [4.69, 9.17) is 5.11 Å². The van der Waals surface area contributed by atoms with Gasteiger partial charge in [-0.1, -0.05) is 0 Å². The van der Waals surface area contributed by atoms with E-state index in [1.165, 1.54) is 24.9 Å². The van der Waals surface area contributed by atoms with Crippen molar-refractivity contribution in [1.82, 2.24) is 0 Å². The molecule has 1 atom stereocenters. The Labute approximate surface area is 115 Å². The molecule has 1 saturated heterocycles. The van der Waals surface area contributed by atoms with Crippen molar-refractivity contribution < 1.29 is 9.90 Å². The first-order valence-corrected chi connectivity index (χ1v) is 6.97. The molecule has 0 saturated carbocycles. The van der Waals surface area contributed by atoms with Crippen LogP contribution in [0.2, 0.25) is 0 Å². The summed E-state index contributed by atoms with van der Waals surface area (Å²) < 4.78 is 1.02. The summed E-state index contributed by atoms with van der Waals surface area (Å²) in [5, 5.41) is 8.95. The van der Waals surface area contributed by atoms with Crippen molar-refractivity contribution in [2.24, 2.45) is 0 Å². The van der Waals surface area contributed by atoms with Gasteiger partial charge < -0.3 is 10.0 Å². The van der Waals surface area contributed by atoms with Gasteiger partial charge in [0.15, 0.2) is 0 Å². The second-order valence-corrected chi connectivity index (χ2v) is 5.67. The summed E-state index contributed by atoms with van der Waals surface area (Å²) in [6.07, 6.45) is 3.74. The summed E-state index contributed by atoms with van der Waals surface area (Å²) >= 11 is 2.23. The zero-order valence-electron chi connectivity index (χ0n) is 9.82. The highest BCUT2D eigenvalue weighted by Gasteiger charge is 2.20. The summed E-state index contributed by atoms with van der Waals surface area (Å²) in [6.45, 7) is 3.31. The highest BCUT2D eigenvalue weighted by atomic mass is 127. The van der Waals surface area contributed by atoms with E-state index in [-0.39, 0.29) is 0 Å². The molecule has 2 rings (SSSR count). The minimum absolute atomic E-state index is 0.364. The molecule has 0 spiro atoms. The van der Waals surface area contributed by atoms with Crippen LogP contribution in [0.25, 0.3) is 0 Å². The van der Waals surface area contributed by atoms with Crippen molar-refractivity contribution in [3.8, 4) is 0 Å². The monoisotopic (exact) mass is 345 g/mol. The van der Waals surface area contributed by atoms with E-state index in [9.17, 15) is 4.79 Å². The minimum Gasteiger partial charge on any atom is -0.478 e. The molecule has 1 heterocycles. The van der Waals surface area contributed by atoms with Crippen LogP contribution >= 0.6 is 22.6 Å². The van der Waals surface area contributed by atoms with E-state index < -0.39 is 5.97 Å². The van der Waals surface area contributed by atoms with Gasteiger partial charge in [-0.2, -0.15) is 0 Å². The smallest absolute Gasteiger partial charge is 0.335 e. The fraction of sp³-hybridized carbons (Fsp3) is 0.462. The maximum atomic E-state index is 10.9. The number of anilines is 1. The molecule has 1 aliphatic rings. The standard InChI is InChI=1S/C13H16INO2/c1-9-4-2-3-7-15(9)12-6-5-10(13(16)17)8-11(12)14/h5-6,8-9H,2-4,7H2,1H3,(H,16,17)/t9-/m0/s1. The van der Waals surface area contributed by atoms with Gasteiger partial charge in [0.25, 0.3) is 0 Å². The first-order valence-electron chi connectivity index (χ1n) is 5.89. The van der Waals surface area contributed by atoms with Crippen molar-refractivity contribution in [3.63, 3.8) is 0 Å². The van der Waals surface area contributed by atoms with Crippen LogP contribution in [0.4, 0.5) is 5.69 Å². The van der Waals surface area contributed by atoms with Gasteiger partial charge in [0.2, 0.25) is 0 Å². The Morgan fingerprint density at radius 1 is 1.47 bits per heavy atom. The Kier molecular flexibility index (Phi) is 3.91. The van der Waals surface area contributed by atoms with Gasteiger partial charge in [-0.25, -0.2) is 4.79 Å². The summed E-state index contributed by atoms with van der Waals surface area (Å²) in [4.78, 5) is 13.3. The zero-order valence-corrected chi connectivity index (χ0v) is 12.0. The third-order valence-corrected chi connectivity index (χ3v) is 4.17. The van der Waals surface area contributed by atoms with E-state index >= 15 is 0 Å². The van der Waals surface area contributed by atoms with Gasteiger partial charge in [0, 0.05) is 16.2 Å². The van der Waals surface area contributed by atoms with Crippen LogP contribution in [0.3, 0.4) is 0 Å². The van der Waals surface area contributed by atoms with Crippen LogP contribution in [-0.2, 0) is 0 Å². The summed E-state index contributed by atoms with van der Waals surface area (Å²) in [5.41, 5.74) is 1.53. The van der Waals surface area contributed by atoms with Crippen LogP contribution < -0.4 is 4.90 Å². The third-order valence-electron chi connectivity index (χ3n) is 3.31. The first-order chi connectivity index (χ1) is 8.09. The molecule has 0 bridgehead atoms. The van der Waals surface area contributed by atoms with Crippen LogP contribution in [0.1, 0.15) is 36.5 Å². The molecular formula is C13H16INO2. The van der Waals surface area contributed by atoms with Crippen molar-refractivity contribution in [3.05, 3.63) is 27.3 Å². The molecule has 92 valence electrons. The maximum Gasteiger partial charge on any atom is 0.335 e. The molecular weight excluding hydrogens is 329 g/mol. The average Bonchev–Trinajstić information content (AvgIpc) is 2.30. The van der Waals surface area contributed by atoms with E-state index in [0.717, 1.165) is 10.1 Å². The van der Waals surface area contributed by atoms with Gasteiger partial charge in [0.05, 0.1) is 11.3 Å². The molecule has 0 radical (unpaired) electrons. The largest absolute Gasteiger partial charge is 0.478 e. The molecule has 0 amide bonds. The van der Waals surface area contributed by atoms with E-state index in [1.807, 2.05) is 6.07 Å². The number of carbonyl (C=O) groups is 1. The van der Waals surface area contributed by atoms with Crippen LogP contribution in [0, 0.1) is 3.57 Å². The van der Waals surface area contributed by atoms with E-state index in [2.05, 4.69) is 34.4 Å². The summed E-state index contributed by atoms with van der Waals surface area (Å²) in [5.74, 6) is -0.860. The van der Waals surface area contributed by atoms with Gasteiger partial charge >= 0.3 is 5.97 Å². The summed E-state index contributed by atoms with van der Waals surface area (Å²) in [6, 6.07) is 5.93. The number of piperidine rings is 1. The van der Waals surface area contributed by atoms with E-state index in [0.29, 0.717) is 11.6 Å². The number of aromatic carboxylic acids is 1. The van der Waals surface area contributed by atoms with Crippen molar-refractivity contribution in [2.45, 2.75) is 32.2 Å². The Morgan fingerprint density at radius 3 is 2.82 bits per heavy atom. The van der Waals surface area contributed by atoms with Gasteiger partial charge in [-0.3, -0.25) is 0 Å². The van der Waals surface area contributed by atoms with Crippen LogP contribution in [0.5, 0.6) is 0 Å². The van der Waals surface area contributed by atoms with Crippen molar-refractivity contribution in [2.75, 3.05) is 11.4 Å². The molecule has 1 fully saturated rings. The highest BCUT2D eigenvalue weighted by molar-refractivity contribution is 14.1. The SMILES string of the molecule is C[C@H]1CCCCN1c1ccc(C(=O)O)cc1I. The predicted molar refractivity (Wildman–Crippen MR) is 76.8 cm³/mol.